The molecule has 0 atom stereocenters. The number of hydrogen-bond donors (Lipinski definition) is 0. The highest BCUT2D eigenvalue weighted by Gasteiger charge is 2.22. The van der Waals surface area contributed by atoms with Gasteiger partial charge in [-0.1, -0.05) is 32.4 Å². The minimum absolute atomic E-state index is 0.0245. The highest BCUT2D eigenvalue weighted by Crippen LogP contribution is 2.35. The molecular weight excluding hydrogens is 372 g/mol. The second kappa shape index (κ2) is 8.21. The first-order valence-electron chi connectivity index (χ1n) is 9.11. The van der Waals surface area contributed by atoms with E-state index < -0.39 is 6.61 Å². The van der Waals surface area contributed by atoms with Crippen LogP contribution in [0.2, 0.25) is 5.02 Å². The molecule has 4 nitrogen and oxygen atoms in total. The maximum absolute atomic E-state index is 12.4. The summed E-state index contributed by atoms with van der Waals surface area (Å²) in [7, 11) is 0. The third-order valence-corrected chi connectivity index (χ3v) is 5.11. The van der Waals surface area contributed by atoms with E-state index in [1.807, 2.05) is 6.07 Å². The fourth-order valence-corrected chi connectivity index (χ4v) is 3.73. The van der Waals surface area contributed by atoms with Crippen molar-refractivity contribution in [2.75, 3.05) is 0 Å². The molecule has 27 heavy (non-hydrogen) atoms. The van der Waals surface area contributed by atoms with Crippen LogP contribution < -0.4 is 4.74 Å². The summed E-state index contributed by atoms with van der Waals surface area (Å²) in [5, 5.41) is 5.10. The van der Waals surface area contributed by atoms with Crippen molar-refractivity contribution in [1.29, 1.82) is 0 Å². The minimum atomic E-state index is -2.89. The minimum Gasteiger partial charge on any atom is -0.435 e. The Morgan fingerprint density at radius 1 is 1.15 bits per heavy atom. The molecule has 144 valence electrons. The topological polar surface area (TPSA) is 39.4 Å². The van der Waals surface area contributed by atoms with Gasteiger partial charge in [0.25, 0.3) is 0 Å². The summed E-state index contributed by atoms with van der Waals surface area (Å²) in [6.07, 6.45) is 4.56. The second-order valence-corrected chi connectivity index (χ2v) is 6.72. The quantitative estimate of drug-likeness (QED) is 0.485. The lowest BCUT2D eigenvalue weighted by Crippen LogP contribution is -2.02. The standard InChI is InChI=1S/C20H22ClF2N3O/c1-4-12(5-2)18-16(6-3)25-26-17(9-10-24-19(18)26)14-8-7-13(11-15(14)21)27-20(22)23/h7-12,20H,4-6H2,1-3H3. The molecule has 0 amide bonds. The molecule has 2 aromatic heterocycles. The van der Waals surface area contributed by atoms with Crippen LogP contribution in [-0.4, -0.2) is 21.2 Å². The van der Waals surface area contributed by atoms with E-state index in [4.69, 9.17) is 16.7 Å². The zero-order valence-electron chi connectivity index (χ0n) is 15.5. The van der Waals surface area contributed by atoms with E-state index in [0.29, 0.717) is 16.5 Å². The lowest BCUT2D eigenvalue weighted by Gasteiger charge is -2.13. The summed E-state index contributed by atoms with van der Waals surface area (Å²) in [4.78, 5) is 4.57. The van der Waals surface area contributed by atoms with Gasteiger partial charge in [-0.05, 0) is 49.4 Å². The van der Waals surface area contributed by atoms with Gasteiger partial charge in [0.15, 0.2) is 5.65 Å². The number of rotatable bonds is 7. The Morgan fingerprint density at radius 2 is 1.89 bits per heavy atom. The molecule has 0 spiro atoms. The molecule has 1 aromatic carbocycles. The highest BCUT2D eigenvalue weighted by molar-refractivity contribution is 6.33. The van der Waals surface area contributed by atoms with Gasteiger partial charge in [-0.2, -0.15) is 13.9 Å². The van der Waals surface area contributed by atoms with Crippen LogP contribution in [0.1, 0.15) is 50.8 Å². The number of fused-ring (bicyclic) bond motifs is 1. The normalized spacial score (nSPS) is 11.7. The highest BCUT2D eigenvalue weighted by atomic mass is 35.5. The number of halogens is 3. The Hall–Kier alpha value is -2.21. The smallest absolute Gasteiger partial charge is 0.387 e. The molecule has 3 aromatic rings. The first kappa shape index (κ1) is 19.5. The van der Waals surface area contributed by atoms with Gasteiger partial charge >= 0.3 is 6.61 Å². The predicted molar refractivity (Wildman–Crippen MR) is 103 cm³/mol. The van der Waals surface area contributed by atoms with Crippen molar-refractivity contribution in [3.05, 3.63) is 46.7 Å². The van der Waals surface area contributed by atoms with Crippen LogP contribution in [0.4, 0.5) is 8.78 Å². The molecule has 0 bridgehead atoms. The summed E-state index contributed by atoms with van der Waals surface area (Å²) >= 11 is 6.36. The molecule has 0 unspecified atom stereocenters. The van der Waals surface area contributed by atoms with Crippen molar-refractivity contribution >= 4 is 17.2 Å². The number of alkyl halides is 2. The maximum atomic E-state index is 12.4. The van der Waals surface area contributed by atoms with Gasteiger partial charge in [0.2, 0.25) is 0 Å². The third kappa shape index (κ3) is 3.76. The van der Waals surface area contributed by atoms with Crippen LogP contribution in [0, 0.1) is 0 Å². The van der Waals surface area contributed by atoms with Crippen molar-refractivity contribution in [2.45, 2.75) is 52.6 Å². The number of aryl methyl sites for hydroxylation is 1. The molecule has 0 N–H and O–H groups in total. The average molecular weight is 394 g/mol. The van der Waals surface area contributed by atoms with Gasteiger partial charge < -0.3 is 4.74 Å². The van der Waals surface area contributed by atoms with Crippen LogP contribution in [0.3, 0.4) is 0 Å². The molecule has 0 radical (unpaired) electrons. The second-order valence-electron chi connectivity index (χ2n) is 6.31. The number of ether oxygens (including phenoxy) is 1. The molecule has 0 aliphatic carbocycles. The molecule has 0 fully saturated rings. The Balaban J connectivity index is 2.16. The van der Waals surface area contributed by atoms with Crippen LogP contribution in [-0.2, 0) is 6.42 Å². The lowest BCUT2D eigenvalue weighted by atomic mass is 9.93. The summed E-state index contributed by atoms with van der Waals surface area (Å²) in [5.41, 5.74) is 4.48. The Bertz CT molecular complexity index is 938. The molecule has 0 saturated heterocycles. The fourth-order valence-electron chi connectivity index (χ4n) is 3.47. The molecule has 2 heterocycles. The van der Waals surface area contributed by atoms with Crippen molar-refractivity contribution in [2.24, 2.45) is 0 Å². The van der Waals surface area contributed by atoms with Gasteiger partial charge in [0.05, 0.1) is 16.4 Å². The van der Waals surface area contributed by atoms with E-state index in [1.54, 1.807) is 16.8 Å². The molecule has 7 heteroatoms. The van der Waals surface area contributed by atoms with Crippen LogP contribution in [0.25, 0.3) is 16.9 Å². The summed E-state index contributed by atoms with van der Waals surface area (Å²) in [6.45, 7) is 3.52. The van der Waals surface area contributed by atoms with Crippen molar-refractivity contribution in [3.8, 4) is 17.0 Å². The number of nitrogens with zero attached hydrogens (tertiary/aromatic N) is 3. The number of hydrogen-bond acceptors (Lipinski definition) is 3. The zero-order chi connectivity index (χ0) is 19.6. The Kier molecular flexibility index (Phi) is 5.95. The van der Waals surface area contributed by atoms with E-state index in [1.165, 1.54) is 17.7 Å². The molecular formula is C20H22ClF2N3O. The predicted octanol–water partition coefficient (Wildman–Crippen LogP) is 6.12. The van der Waals surface area contributed by atoms with E-state index in [2.05, 4.69) is 30.5 Å². The first-order valence-corrected chi connectivity index (χ1v) is 9.49. The van der Waals surface area contributed by atoms with Crippen LogP contribution in [0.5, 0.6) is 5.75 Å². The molecule has 0 aliphatic heterocycles. The molecule has 0 aliphatic rings. The van der Waals surface area contributed by atoms with E-state index >= 15 is 0 Å². The van der Waals surface area contributed by atoms with Crippen LogP contribution in [0.15, 0.2) is 30.5 Å². The number of benzene rings is 1. The van der Waals surface area contributed by atoms with E-state index in [-0.39, 0.29) is 5.75 Å². The largest absolute Gasteiger partial charge is 0.435 e. The van der Waals surface area contributed by atoms with Gasteiger partial charge in [-0.15, -0.1) is 0 Å². The SMILES string of the molecule is CCc1nn2c(-c3ccc(OC(F)F)cc3Cl)ccnc2c1C(CC)CC. The Labute approximate surface area is 162 Å². The first-order chi connectivity index (χ1) is 13.0. The maximum Gasteiger partial charge on any atom is 0.387 e. The van der Waals surface area contributed by atoms with Gasteiger partial charge in [-0.3, -0.25) is 0 Å². The van der Waals surface area contributed by atoms with Crippen molar-refractivity contribution < 1.29 is 13.5 Å². The van der Waals surface area contributed by atoms with E-state index in [0.717, 1.165) is 36.3 Å². The molecule has 3 rings (SSSR count). The van der Waals surface area contributed by atoms with Gasteiger partial charge in [0.1, 0.15) is 5.75 Å². The lowest BCUT2D eigenvalue weighted by molar-refractivity contribution is -0.0498. The van der Waals surface area contributed by atoms with Gasteiger partial charge in [-0.25, -0.2) is 9.50 Å². The Morgan fingerprint density at radius 3 is 2.48 bits per heavy atom. The van der Waals surface area contributed by atoms with Crippen LogP contribution >= 0.6 is 11.6 Å². The van der Waals surface area contributed by atoms with Gasteiger partial charge in [0, 0.05) is 17.3 Å². The fraction of sp³-hybridized carbons (Fsp3) is 0.400. The number of aromatic nitrogens is 3. The average Bonchev–Trinajstić information content (AvgIpc) is 3.01. The zero-order valence-corrected chi connectivity index (χ0v) is 16.3. The van der Waals surface area contributed by atoms with Crippen molar-refractivity contribution in [1.82, 2.24) is 14.6 Å². The third-order valence-electron chi connectivity index (χ3n) is 4.80. The van der Waals surface area contributed by atoms with Crippen molar-refractivity contribution in [3.63, 3.8) is 0 Å². The summed E-state index contributed by atoms with van der Waals surface area (Å²) < 4.78 is 31.1. The molecule has 0 saturated carbocycles. The van der Waals surface area contributed by atoms with E-state index in [9.17, 15) is 8.78 Å². The summed E-state index contributed by atoms with van der Waals surface area (Å²) in [6, 6.07) is 6.36. The summed E-state index contributed by atoms with van der Waals surface area (Å²) in [5.74, 6) is 0.411. The monoisotopic (exact) mass is 393 g/mol.